The van der Waals surface area contributed by atoms with Crippen LogP contribution in [-0.2, 0) is 22.0 Å². The topological polar surface area (TPSA) is 73.8 Å². The van der Waals surface area contributed by atoms with Crippen LogP contribution in [0, 0.1) is 0 Å². The van der Waals surface area contributed by atoms with Crippen LogP contribution in [0.25, 0.3) is 0 Å². The molecule has 1 heterocycles. The van der Waals surface area contributed by atoms with Gasteiger partial charge in [0.2, 0.25) is 5.91 Å². The smallest absolute Gasteiger partial charge is 0.246 e. The number of benzene rings is 1. The van der Waals surface area contributed by atoms with E-state index in [2.05, 4.69) is 21.7 Å². The van der Waals surface area contributed by atoms with Crippen molar-refractivity contribution in [3.05, 3.63) is 29.8 Å². The summed E-state index contributed by atoms with van der Waals surface area (Å²) < 4.78 is 12.1. The molecule has 27 heavy (non-hydrogen) atoms. The van der Waals surface area contributed by atoms with Gasteiger partial charge in [-0.25, -0.2) is 0 Å². The minimum absolute atomic E-state index is 0.0523. The van der Waals surface area contributed by atoms with Gasteiger partial charge >= 0.3 is 0 Å². The maximum Gasteiger partial charge on any atom is 0.246 e. The van der Waals surface area contributed by atoms with Gasteiger partial charge in [0.25, 0.3) is 0 Å². The van der Waals surface area contributed by atoms with Crippen LogP contribution in [0.5, 0.6) is 0 Å². The molecule has 7 heteroatoms. The SMILES string of the molecule is CCS(=O)C1CCCC(NC(=NC)NCC(=O)N2CCc3ccccc32)C1. The molecule has 2 aliphatic rings. The third-order valence-electron chi connectivity index (χ3n) is 5.44. The molecular formula is C20H30N4O2S. The first-order chi connectivity index (χ1) is 13.1. The molecule has 3 rings (SSSR count). The fraction of sp³-hybridized carbons (Fsp3) is 0.600. The normalized spacial score (nSPS) is 23.6. The molecule has 0 spiro atoms. The molecule has 0 bridgehead atoms. The predicted molar refractivity (Wildman–Crippen MR) is 112 cm³/mol. The summed E-state index contributed by atoms with van der Waals surface area (Å²) in [6, 6.07) is 8.32. The Morgan fingerprint density at radius 3 is 2.93 bits per heavy atom. The highest BCUT2D eigenvalue weighted by atomic mass is 32.2. The molecule has 1 aliphatic heterocycles. The molecule has 1 saturated carbocycles. The summed E-state index contributed by atoms with van der Waals surface area (Å²) in [5.41, 5.74) is 2.25. The fourth-order valence-corrected chi connectivity index (χ4v) is 5.34. The van der Waals surface area contributed by atoms with Crippen molar-refractivity contribution >= 4 is 28.4 Å². The summed E-state index contributed by atoms with van der Waals surface area (Å²) in [7, 11) is 0.972. The molecule has 0 saturated heterocycles. The molecule has 2 N–H and O–H groups in total. The number of hydrogen-bond acceptors (Lipinski definition) is 3. The number of carbonyl (C=O) groups excluding carboxylic acids is 1. The van der Waals surface area contributed by atoms with Gasteiger partial charge in [-0.15, -0.1) is 0 Å². The van der Waals surface area contributed by atoms with Gasteiger partial charge in [0.15, 0.2) is 5.96 Å². The minimum atomic E-state index is -0.746. The lowest BCUT2D eigenvalue weighted by Gasteiger charge is -2.30. The number of hydrogen-bond donors (Lipinski definition) is 2. The van der Waals surface area contributed by atoms with Crippen molar-refractivity contribution < 1.29 is 9.00 Å². The van der Waals surface area contributed by atoms with E-state index in [0.29, 0.717) is 5.96 Å². The van der Waals surface area contributed by atoms with Crippen LogP contribution in [-0.4, -0.2) is 53.3 Å². The second kappa shape index (κ2) is 9.35. The van der Waals surface area contributed by atoms with Crippen LogP contribution in [0.15, 0.2) is 29.3 Å². The number of para-hydroxylation sites is 1. The van der Waals surface area contributed by atoms with Crippen LogP contribution >= 0.6 is 0 Å². The third-order valence-corrected chi connectivity index (χ3v) is 7.18. The van der Waals surface area contributed by atoms with Crippen molar-refractivity contribution in [1.29, 1.82) is 0 Å². The van der Waals surface area contributed by atoms with Crippen molar-refractivity contribution in [2.75, 3.05) is 30.8 Å². The summed E-state index contributed by atoms with van der Waals surface area (Å²) in [4.78, 5) is 18.7. The number of carbonyl (C=O) groups is 1. The maximum absolute atomic E-state index is 12.6. The van der Waals surface area contributed by atoms with E-state index in [-0.39, 0.29) is 23.7 Å². The van der Waals surface area contributed by atoms with E-state index in [1.807, 2.05) is 30.0 Å². The van der Waals surface area contributed by atoms with Gasteiger partial charge in [0, 0.05) is 47.1 Å². The van der Waals surface area contributed by atoms with Crippen molar-refractivity contribution in [3.63, 3.8) is 0 Å². The number of nitrogens with one attached hydrogen (secondary N) is 2. The molecule has 148 valence electrons. The molecule has 1 fully saturated rings. The van der Waals surface area contributed by atoms with Gasteiger partial charge in [-0.3, -0.25) is 14.0 Å². The van der Waals surface area contributed by atoms with Gasteiger partial charge in [-0.1, -0.05) is 31.5 Å². The molecule has 1 aromatic rings. The first-order valence-corrected chi connectivity index (χ1v) is 11.2. The first-order valence-electron chi connectivity index (χ1n) is 9.85. The van der Waals surface area contributed by atoms with E-state index in [4.69, 9.17) is 0 Å². The Hall–Kier alpha value is -1.89. The van der Waals surface area contributed by atoms with E-state index < -0.39 is 10.8 Å². The lowest BCUT2D eigenvalue weighted by atomic mass is 9.95. The molecular weight excluding hydrogens is 360 g/mol. The van der Waals surface area contributed by atoms with Gasteiger partial charge in [0.05, 0.1) is 6.54 Å². The van der Waals surface area contributed by atoms with E-state index in [9.17, 15) is 9.00 Å². The zero-order valence-electron chi connectivity index (χ0n) is 16.2. The lowest BCUT2D eigenvalue weighted by molar-refractivity contribution is -0.117. The second-order valence-corrected chi connectivity index (χ2v) is 9.15. The molecule has 6 nitrogen and oxygen atoms in total. The van der Waals surface area contributed by atoms with Crippen molar-refractivity contribution in [1.82, 2.24) is 10.6 Å². The summed E-state index contributed by atoms with van der Waals surface area (Å²) in [5, 5.41) is 6.83. The minimum Gasteiger partial charge on any atom is -0.354 e. The number of fused-ring (bicyclic) bond motifs is 1. The number of rotatable bonds is 5. The fourth-order valence-electron chi connectivity index (χ4n) is 3.99. The Morgan fingerprint density at radius 2 is 2.15 bits per heavy atom. The van der Waals surface area contributed by atoms with Crippen LogP contribution in [0.3, 0.4) is 0 Å². The van der Waals surface area contributed by atoms with E-state index in [1.54, 1.807) is 7.05 Å². The molecule has 1 aliphatic carbocycles. The van der Waals surface area contributed by atoms with Gasteiger partial charge in [-0.2, -0.15) is 0 Å². The van der Waals surface area contributed by atoms with Gasteiger partial charge in [0.1, 0.15) is 0 Å². The highest BCUT2D eigenvalue weighted by Gasteiger charge is 2.27. The van der Waals surface area contributed by atoms with E-state index in [1.165, 1.54) is 5.56 Å². The second-order valence-electron chi connectivity index (χ2n) is 7.15. The Kier molecular flexibility index (Phi) is 6.88. The largest absolute Gasteiger partial charge is 0.354 e. The van der Waals surface area contributed by atoms with Crippen molar-refractivity contribution in [3.8, 4) is 0 Å². The van der Waals surface area contributed by atoms with Crippen molar-refractivity contribution in [2.45, 2.75) is 50.3 Å². The number of anilines is 1. The van der Waals surface area contributed by atoms with Crippen molar-refractivity contribution in [2.24, 2.45) is 4.99 Å². The Morgan fingerprint density at radius 1 is 1.33 bits per heavy atom. The molecule has 3 atom stereocenters. The zero-order chi connectivity index (χ0) is 19.2. The molecule has 3 unspecified atom stereocenters. The van der Waals surface area contributed by atoms with Crippen LogP contribution in [0.2, 0.25) is 0 Å². The van der Waals surface area contributed by atoms with Gasteiger partial charge < -0.3 is 15.5 Å². The highest BCUT2D eigenvalue weighted by molar-refractivity contribution is 7.85. The first kappa shape index (κ1) is 19.9. The molecule has 0 aromatic heterocycles. The predicted octanol–water partition coefficient (Wildman–Crippen LogP) is 1.82. The summed E-state index contributed by atoms with van der Waals surface area (Å²) in [6.45, 7) is 2.93. The van der Waals surface area contributed by atoms with E-state index >= 15 is 0 Å². The van der Waals surface area contributed by atoms with Gasteiger partial charge in [-0.05, 0) is 37.3 Å². The quantitative estimate of drug-likeness (QED) is 0.594. The maximum atomic E-state index is 12.6. The summed E-state index contributed by atoms with van der Waals surface area (Å²) >= 11 is 0. The Bertz CT molecular complexity index is 722. The molecule has 0 radical (unpaired) electrons. The Balaban J connectivity index is 1.51. The number of amides is 1. The van der Waals surface area contributed by atoms with Crippen LogP contribution < -0.4 is 15.5 Å². The third kappa shape index (κ3) is 4.89. The average Bonchev–Trinajstić information content (AvgIpc) is 3.14. The average molecular weight is 391 g/mol. The number of aliphatic imine (C=N–C) groups is 1. The standard InChI is InChI=1S/C20H30N4O2S/c1-3-27(26)17-9-6-8-16(13-17)23-20(21-2)22-14-19(25)24-12-11-15-7-4-5-10-18(15)24/h4-5,7,10,16-17H,3,6,8-9,11-14H2,1-2H3,(H2,21,22,23). The van der Waals surface area contributed by atoms with E-state index in [0.717, 1.165) is 50.1 Å². The van der Waals surface area contributed by atoms with Crippen LogP contribution in [0.1, 0.15) is 38.2 Å². The molecule has 1 aromatic carbocycles. The van der Waals surface area contributed by atoms with Crippen LogP contribution in [0.4, 0.5) is 5.69 Å². The highest BCUT2D eigenvalue weighted by Crippen LogP contribution is 2.27. The number of guanidine groups is 1. The zero-order valence-corrected chi connectivity index (χ0v) is 17.1. The Labute approximate surface area is 164 Å². The summed E-state index contributed by atoms with van der Waals surface area (Å²) in [6.07, 6.45) is 4.97. The number of nitrogens with zero attached hydrogens (tertiary/aromatic N) is 2. The summed E-state index contributed by atoms with van der Waals surface area (Å²) in [5.74, 6) is 1.41. The lowest BCUT2D eigenvalue weighted by Crippen LogP contribution is -2.49. The molecule has 1 amide bonds. The monoisotopic (exact) mass is 390 g/mol.